The fourth-order valence-corrected chi connectivity index (χ4v) is 2.29. The molecule has 1 saturated carbocycles. The highest BCUT2D eigenvalue weighted by molar-refractivity contribution is 5.52. The van der Waals surface area contributed by atoms with Crippen LogP contribution in [0.15, 0.2) is 18.5 Å². The lowest BCUT2D eigenvalue weighted by Crippen LogP contribution is -2.30. The first-order chi connectivity index (χ1) is 8.72. The number of nitrogens with one attached hydrogen (secondary N) is 1. The van der Waals surface area contributed by atoms with Gasteiger partial charge < -0.3 is 10.2 Å². The minimum Gasteiger partial charge on any atom is -0.372 e. The molecule has 0 radical (unpaired) electrons. The Morgan fingerprint density at radius 3 is 2.94 bits per heavy atom. The number of hydrogen-bond donors (Lipinski definition) is 1. The van der Waals surface area contributed by atoms with Gasteiger partial charge in [-0.2, -0.15) is 0 Å². The van der Waals surface area contributed by atoms with Gasteiger partial charge >= 0.3 is 0 Å². The lowest BCUT2D eigenvalue weighted by Gasteiger charge is -2.28. The summed E-state index contributed by atoms with van der Waals surface area (Å²) in [5, 5.41) is 3.57. The summed E-state index contributed by atoms with van der Waals surface area (Å²) in [4.78, 5) is 6.65. The third kappa shape index (κ3) is 3.45. The van der Waals surface area contributed by atoms with E-state index in [1.807, 2.05) is 12.4 Å². The number of rotatable bonds is 7. The van der Waals surface area contributed by atoms with Crippen LogP contribution >= 0.6 is 0 Å². The molecule has 2 rings (SSSR count). The maximum absolute atomic E-state index is 4.26. The highest BCUT2D eigenvalue weighted by Crippen LogP contribution is 2.24. The quantitative estimate of drug-likeness (QED) is 0.803. The zero-order valence-corrected chi connectivity index (χ0v) is 11.8. The Morgan fingerprint density at radius 1 is 1.50 bits per heavy atom. The van der Waals surface area contributed by atoms with Crippen molar-refractivity contribution in [1.82, 2.24) is 10.3 Å². The van der Waals surface area contributed by atoms with Crippen molar-refractivity contribution in [2.75, 3.05) is 11.9 Å². The third-order valence-electron chi connectivity index (χ3n) is 3.78. The van der Waals surface area contributed by atoms with Gasteiger partial charge in [0.25, 0.3) is 0 Å². The molecule has 0 aromatic carbocycles. The largest absolute Gasteiger partial charge is 0.372 e. The molecular formula is C15H25N3. The van der Waals surface area contributed by atoms with Crippen LogP contribution in [0.4, 0.5) is 5.69 Å². The predicted octanol–water partition coefficient (Wildman–Crippen LogP) is 2.96. The molecule has 1 aliphatic carbocycles. The highest BCUT2D eigenvalue weighted by Gasteiger charge is 2.21. The number of hydrogen-bond acceptors (Lipinski definition) is 3. The Bertz CT molecular complexity index is 374. The van der Waals surface area contributed by atoms with E-state index in [0.717, 1.165) is 12.6 Å². The summed E-state index contributed by atoms with van der Waals surface area (Å²) in [6.07, 6.45) is 9.01. The van der Waals surface area contributed by atoms with E-state index in [1.54, 1.807) is 0 Å². The van der Waals surface area contributed by atoms with Crippen molar-refractivity contribution in [3.8, 4) is 0 Å². The van der Waals surface area contributed by atoms with Gasteiger partial charge in [0.2, 0.25) is 0 Å². The molecule has 3 heteroatoms. The van der Waals surface area contributed by atoms with E-state index in [4.69, 9.17) is 0 Å². The fraction of sp³-hybridized carbons (Fsp3) is 0.667. The van der Waals surface area contributed by atoms with Gasteiger partial charge in [-0.25, -0.2) is 0 Å². The summed E-state index contributed by atoms with van der Waals surface area (Å²) >= 11 is 0. The standard InChI is InChI=1S/C15H25N3/c1-4-5-12(2)18(3)15-8-9-16-10-13(15)11-17-14-6-7-14/h8-10,12,14,17H,4-7,11H2,1-3H3. The number of anilines is 1. The van der Waals surface area contributed by atoms with E-state index < -0.39 is 0 Å². The van der Waals surface area contributed by atoms with Gasteiger partial charge in [-0.15, -0.1) is 0 Å². The van der Waals surface area contributed by atoms with E-state index in [9.17, 15) is 0 Å². The molecule has 0 spiro atoms. The van der Waals surface area contributed by atoms with Gasteiger partial charge in [-0.3, -0.25) is 4.98 Å². The second kappa shape index (κ2) is 6.19. The van der Waals surface area contributed by atoms with Crippen molar-refractivity contribution in [3.05, 3.63) is 24.0 Å². The van der Waals surface area contributed by atoms with Crippen LogP contribution in [-0.4, -0.2) is 24.1 Å². The molecule has 1 fully saturated rings. The molecule has 0 saturated heterocycles. The van der Waals surface area contributed by atoms with Gasteiger partial charge in [-0.05, 0) is 32.3 Å². The monoisotopic (exact) mass is 247 g/mol. The summed E-state index contributed by atoms with van der Waals surface area (Å²) in [5.74, 6) is 0. The van der Waals surface area contributed by atoms with Crippen molar-refractivity contribution in [3.63, 3.8) is 0 Å². The Kier molecular flexibility index (Phi) is 4.59. The maximum Gasteiger partial charge on any atom is 0.0442 e. The summed E-state index contributed by atoms with van der Waals surface area (Å²) in [7, 11) is 2.19. The van der Waals surface area contributed by atoms with Crippen molar-refractivity contribution in [1.29, 1.82) is 0 Å². The Hall–Kier alpha value is -1.09. The second-order valence-corrected chi connectivity index (χ2v) is 5.41. The van der Waals surface area contributed by atoms with Crippen LogP contribution in [-0.2, 0) is 6.54 Å². The summed E-state index contributed by atoms with van der Waals surface area (Å²) in [6.45, 7) is 5.48. The van der Waals surface area contributed by atoms with Crippen molar-refractivity contribution < 1.29 is 0 Å². The van der Waals surface area contributed by atoms with Gasteiger partial charge in [-0.1, -0.05) is 13.3 Å². The van der Waals surface area contributed by atoms with Gasteiger partial charge in [0.1, 0.15) is 0 Å². The SMILES string of the molecule is CCCC(C)N(C)c1ccncc1CNC1CC1. The minimum absolute atomic E-state index is 0.581. The zero-order valence-electron chi connectivity index (χ0n) is 11.8. The second-order valence-electron chi connectivity index (χ2n) is 5.41. The van der Waals surface area contributed by atoms with Crippen molar-refractivity contribution >= 4 is 5.69 Å². The Balaban J connectivity index is 2.04. The first-order valence-corrected chi connectivity index (χ1v) is 7.11. The van der Waals surface area contributed by atoms with E-state index in [2.05, 4.69) is 42.2 Å². The molecule has 1 aromatic rings. The average molecular weight is 247 g/mol. The van der Waals surface area contributed by atoms with E-state index in [1.165, 1.54) is 36.9 Å². The summed E-state index contributed by atoms with van der Waals surface area (Å²) in [5.41, 5.74) is 2.63. The van der Waals surface area contributed by atoms with E-state index in [-0.39, 0.29) is 0 Å². The normalized spacial score (nSPS) is 16.6. The van der Waals surface area contributed by atoms with Crippen LogP contribution in [0.1, 0.15) is 45.1 Å². The predicted molar refractivity (Wildman–Crippen MR) is 76.9 cm³/mol. The molecular weight excluding hydrogens is 222 g/mol. The van der Waals surface area contributed by atoms with Crippen molar-refractivity contribution in [2.45, 2.75) is 58.2 Å². The molecule has 3 nitrogen and oxygen atoms in total. The molecule has 100 valence electrons. The lowest BCUT2D eigenvalue weighted by atomic mass is 10.1. The lowest BCUT2D eigenvalue weighted by molar-refractivity contribution is 0.610. The molecule has 1 aromatic heterocycles. The number of pyridine rings is 1. The molecule has 1 unspecified atom stereocenters. The maximum atomic E-state index is 4.26. The van der Waals surface area contributed by atoms with Gasteiger partial charge in [0, 0.05) is 49.3 Å². The van der Waals surface area contributed by atoms with Crippen molar-refractivity contribution in [2.24, 2.45) is 0 Å². The van der Waals surface area contributed by atoms with Crippen LogP contribution in [0.3, 0.4) is 0 Å². The molecule has 1 atom stereocenters. The number of aromatic nitrogens is 1. The molecule has 1 N–H and O–H groups in total. The van der Waals surface area contributed by atoms with Crippen LogP contribution in [0.5, 0.6) is 0 Å². The Labute approximate surface area is 111 Å². The minimum atomic E-state index is 0.581. The first-order valence-electron chi connectivity index (χ1n) is 7.11. The van der Waals surface area contributed by atoms with Crippen LogP contribution < -0.4 is 10.2 Å². The summed E-state index contributed by atoms with van der Waals surface area (Å²) in [6, 6.07) is 3.46. The van der Waals surface area contributed by atoms with Crippen LogP contribution in [0.2, 0.25) is 0 Å². The topological polar surface area (TPSA) is 28.2 Å². The molecule has 1 heterocycles. The van der Waals surface area contributed by atoms with Crippen LogP contribution in [0.25, 0.3) is 0 Å². The Morgan fingerprint density at radius 2 is 2.28 bits per heavy atom. The molecule has 0 aliphatic heterocycles. The molecule has 0 amide bonds. The van der Waals surface area contributed by atoms with E-state index in [0.29, 0.717) is 6.04 Å². The number of nitrogens with zero attached hydrogens (tertiary/aromatic N) is 2. The van der Waals surface area contributed by atoms with E-state index >= 15 is 0 Å². The van der Waals surface area contributed by atoms with Gasteiger partial charge in [0.05, 0.1) is 0 Å². The highest BCUT2D eigenvalue weighted by atomic mass is 15.1. The average Bonchev–Trinajstić information content (AvgIpc) is 3.20. The third-order valence-corrected chi connectivity index (χ3v) is 3.78. The molecule has 1 aliphatic rings. The first kappa shape index (κ1) is 13.3. The van der Waals surface area contributed by atoms with Crippen LogP contribution in [0, 0.1) is 0 Å². The fourth-order valence-electron chi connectivity index (χ4n) is 2.29. The summed E-state index contributed by atoms with van der Waals surface area (Å²) < 4.78 is 0. The zero-order chi connectivity index (χ0) is 13.0. The molecule has 0 bridgehead atoms. The smallest absolute Gasteiger partial charge is 0.0442 e. The van der Waals surface area contributed by atoms with Gasteiger partial charge in [0.15, 0.2) is 0 Å². The molecule has 18 heavy (non-hydrogen) atoms.